The molecule has 0 saturated carbocycles. The molecule has 0 radical (unpaired) electrons. The van der Waals surface area contributed by atoms with E-state index in [4.69, 9.17) is 24.4 Å². The third-order valence-electron chi connectivity index (χ3n) is 1.54. The third-order valence-corrected chi connectivity index (χ3v) is 1.54. The molecule has 1 unspecified atom stereocenters. The van der Waals surface area contributed by atoms with E-state index in [-0.39, 0.29) is 13.2 Å². The van der Waals surface area contributed by atoms with Crippen LogP contribution < -0.4 is 0 Å². The van der Waals surface area contributed by atoms with Gasteiger partial charge in [0.25, 0.3) is 0 Å². The Labute approximate surface area is 100 Å². The smallest absolute Gasteiger partial charge is 0.305 e. The zero-order chi connectivity index (χ0) is 12.9. The number of ether oxygens (including phenoxy) is 4. The molecular weight excluding hydrogens is 232 g/mol. The standard InChI is InChI=1S/C10H20O7/c1-9(12)17-10(13)8-16-7-6-15-5-4-14-3-2-11/h10-11,13H,2-8H2,1H3. The summed E-state index contributed by atoms with van der Waals surface area (Å²) in [4.78, 5) is 10.4. The molecule has 0 aromatic carbocycles. The molecule has 0 heterocycles. The zero-order valence-electron chi connectivity index (χ0n) is 9.96. The first-order valence-electron chi connectivity index (χ1n) is 5.36. The predicted molar refractivity (Wildman–Crippen MR) is 57.3 cm³/mol. The van der Waals surface area contributed by atoms with Crippen LogP contribution in [-0.4, -0.2) is 68.7 Å². The summed E-state index contributed by atoms with van der Waals surface area (Å²) < 4.78 is 19.5. The van der Waals surface area contributed by atoms with Gasteiger partial charge in [-0.15, -0.1) is 0 Å². The normalized spacial score (nSPS) is 12.4. The van der Waals surface area contributed by atoms with Crippen LogP contribution in [0.1, 0.15) is 6.92 Å². The largest absolute Gasteiger partial charge is 0.434 e. The van der Waals surface area contributed by atoms with E-state index < -0.39 is 12.3 Å². The van der Waals surface area contributed by atoms with E-state index in [1.807, 2.05) is 0 Å². The Bertz CT molecular complexity index is 185. The fraction of sp³-hybridized carbons (Fsp3) is 0.900. The Morgan fingerprint density at radius 2 is 1.59 bits per heavy atom. The quantitative estimate of drug-likeness (QED) is 0.274. The van der Waals surface area contributed by atoms with Crippen LogP contribution in [-0.2, 0) is 23.7 Å². The second kappa shape index (κ2) is 11.7. The molecular formula is C10H20O7. The summed E-state index contributed by atoms with van der Waals surface area (Å²) in [5, 5.41) is 17.5. The van der Waals surface area contributed by atoms with E-state index >= 15 is 0 Å². The van der Waals surface area contributed by atoms with Crippen LogP contribution in [0.25, 0.3) is 0 Å². The maximum absolute atomic E-state index is 10.4. The first-order chi connectivity index (χ1) is 8.16. The highest BCUT2D eigenvalue weighted by Crippen LogP contribution is 1.89. The minimum absolute atomic E-state index is 0.00283. The second-order valence-corrected chi connectivity index (χ2v) is 3.09. The summed E-state index contributed by atoms with van der Waals surface area (Å²) in [5.74, 6) is -0.557. The van der Waals surface area contributed by atoms with Crippen LogP contribution in [0.2, 0.25) is 0 Å². The lowest BCUT2D eigenvalue weighted by atomic mass is 10.6. The van der Waals surface area contributed by atoms with E-state index in [1.54, 1.807) is 0 Å². The SMILES string of the molecule is CC(=O)OC(O)COCCOCCOCCO. The first kappa shape index (κ1) is 16.3. The fourth-order valence-electron chi connectivity index (χ4n) is 0.914. The Morgan fingerprint density at radius 3 is 2.12 bits per heavy atom. The zero-order valence-corrected chi connectivity index (χ0v) is 9.96. The van der Waals surface area contributed by atoms with Gasteiger partial charge in [-0.1, -0.05) is 0 Å². The van der Waals surface area contributed by atoms with Gasteiger partial charge < -0.3 is 29.2 Å². The highest BCUT2D eigenvalue weighted by Gasteiger charge is 2.06. The topological polar surface area (TPSA) is 94.5 Å². The molecule has 17 heavy (non-hydrogen) atoms. The number of hydrogen-bond acceptors (Lipinski definition) is 7. The number of carbonyl (C=O) groups excluding carboxylic acids is 1. The van der Waals surface area contributed by atoms with Crippen LogP contribution in [0.15, 0.2) is 0 Å². The van der Waals surface area contributed by atoms with Gasteiger partial charge in [-0.3, -0.25) is 4.79 Å². The van der Waals surface area contributed by atoms with Crippen molar-refractivity contribution in [3.63, 3.8) is 0 Å². The number of rotatable bonds is 11. The van der Waals surface area contributed by atoms with E-state index in [0.29, 0.717) is 33.0 Å². The molecule has 0 aliphatic carbocycles. The average molecular weight is 252 g/mol. The summed E-state index contributed by atoms with van der Waals surface area (Å²) in [5.41, 5.74) is 0. The number of esters is 1. The van der Waals surface area contributed by atoms with Crippen LogP contribution in [0.4, 0.5) is 0 Å². The number of hydrogen-bond donors (Lipinski definition) is 2. The minimum Gasteiger partial charge on any atom is -0.434 e. The van der Waals surface area contributed by atoms with Crippen molar-refractivity contribution in [2.24, 2.45) is 0 Å². The first-order valence-corrected chi connectivity index (χ1v) is 5.36. The van der Waals surface area contributed by atoms with Gasteiger partial charge >= 0.3 is 5.97 Å². The Morgan fingerprint density at radius 1 is 1.06 bits per heavy atom. The summed E-state index contributed by atoms with van der Waals surface area (Å²) in [6.07, 6.45) is -1.24. The van der Waals surface area contributed by atoms with E-state index in [9.17, 15) is 4.79 Å². The number of carbonyl (C=O) groups is 1. The Balaban J connectivity index is 3.10. The molecule has 0 amide bonds. The fourth-order valence-corrected chi connectivity index (χ4v) is 0.914. The lowest BCUT2D eigenvalue weighted by Gasteiger charge is -2.11. The molecule has 0 aromatic heterocycles. The monoisotopic (exact) mass is 252 g/mol. The van der Waals surface area contributed by atoms with E-state index in [2.05, 4.69) is 4.74 Å². The molecule has 0 fully saturated rings. The molecule has 0 bridgehead atoms. The molecule has 0 aliphatic rings. The van der Waals surface area contributed by atoms with Crippen LogP contribution in [0, 0.1) is 0 Å². The van der Waals surface area contributed by atoms with Crippen molar-refractivity contribution in [1.29, 1.82) is 0 Å². The molecule has 0 aliphatic heterocycles. The van der Waals surface area contributed by atoms with Gasteiger partial charge in [-0.25, -0.2) is 0 Å². The third kappa shape index (κ3) is 13.2. The van der Waals surface area contributed by atoms with Crippen molar-refractivity contribution in [1.82, 2.24) is 0 Å². The molecule has 2 N–H and O–H groups in total. The Kier molecular flexibility index (Phi) is 11.2. The summed E-state index contributed by atoms with van der Waals surface area (Å²) in [7, 11) is 0. The van der Waals surface area contributed by atoms with E-state index in [1.165, 1.54) is 6.92 Å². The van der Waals surface area contributed by atoms with Gasteiger partial charge in [0.1, 0.15) is 6.61 Å². The molecule has 1 atom stereocenters. The van der Waals surface area contributed by atoms with Gasteiger partial charge in [0.05, 0.1) is 39.6 Å². The predicted octanol–water partition coefficient (Wildman–Crippen LogP) is -1.09. The second-order valence-electron chi connectivity index (χ2n) is 3.09. The van der Waals surface area contributed by atoms with Gasteiger partial charge in [0.2, 0.25) is 6.29 Å². The van der Waals surface area contributed by atoms with E-state index in [0.717, 1.165) is 0 Å². The minimum atomic E-state index is -1.24. The van der Waals surface area contributed by atoms with Crippen molar-refractivity contribution in [3.05, 3.63) is 0 Å². The van der Waals surface area contributed by atoms with Crippen molar-refractivity contribution in [3.8, 4) is 0 Å². The Hall–Kier alpha value is -0.730. The average Bonchev–Trinajstić information content (AvgIpc) is 2.26. The summed E-state index contributed by atoms with van der Waals surface area (Å²) >= 11 is 0. The van der Waals surface area contributed by atoms with Crippen LogP contribution >= 0.6 is 0 Å². The number of aliphatic hydroxyl groups is 2. The highest BCUT2D eigenvalue weighted by atomic mass is 16.7. The molecule has 0 spiro atoms. The maximum Gasteiger partial charge on any atom is 0.305 e. The van der Waals surface area contributed by atoms with Gasteiger partial charge in [0.15, 0.2) is 0 Å². The molecule has 102 valence electrons. The maximum atomic E-state index is 10.4. The van der Waals surface area contributed by atoms with Crippen LogP contribution in [0.3, 0.4) is 0 Å². The highest BCUT2D eigenvalue weighted by molar-refractivity contribution is 5.65. The lowest BCUT2D eigenvalue weighted by molar-refractivity contribution is -0.175. The van der Waals surface area contributed by atoms with Gasteiger partial charge in [0, 0.05) is 6.92 Å². The van der Waals surface area contributed by atoms with Gasteiger partial charge in [-0.2, -0.15) is 0 Å². The lowest BCUT2D eigenvalue weighted by Crippen LogP contribution is -2.22. The number of aliphatic hydroxyl groups excluding tert-OH is 2. The van der Waals surface area contributed by atoms with Gasteiger partial charge in [-0.05, 0) is 0 Å². The summed E-state index contributed by atoms with van der Waals surface area (Å²) in [6.45, 7) is 2.90. The molecule has 0 aromatic rings. The van der Waals surface area contributed by atoms with Crippen molar-refractivity contribution < 1.29 is 34.0 Å². The van der Waals surface area contributed by atoms with Crippen molar-refractivity contribution >= 4 is 5.97 Å². The van der Waals surface area contributed by atoms with Crippen LogP contribution in [0.5, 0.6) is 0 Å². The molecule has 7 nitrogen and oxygen atoms in total. The summed E-state index contributed by atoms with van der Waals surface area (Å²) in [6, 6.07) is 0. The molecule has 0 saturated heterocycles. The van der Waals surface area contributed by atoms with Crippen molar-refractivity contribution in [2.45, 2.75) is 13.2 Å². The molecule has 0 rings (SSSR count). The molecule has 7 heteroatoms. The van der Waals surface area contributed by atoms with Crippen molar-refractivity contribution in [2.75, 3.05) is 46.2 Å².